The molecule has 1 aromatic carbocycles. The van der Waals surface area contributed by atoms with E-state index in [1.54, 1.807) is 0 Å². The highest BCUT2D eigenvalue weighted by Crippen LogP contribution is 2.27. The maximum Gasteiger partial charge on any atom is 0.228 e. The van der Waals surface area contributed by atoms with E-state index in [0.717, 1.165) is 25.6 Å². The van der Waals surface area contributed by atoms with Crippen molar-refractivity contribution >= 4 is 23.5 Å². The number of anilines is 1. The van der Waals surface area contributed by atoms with Crippen molar-refractivity contribution < 1.29 is 13.9 Å². The van der Waals surface area contributed by atoms with Crippen LogP contribution in [0.3, 0.4) is 0 Å². The van der Waals surface area contributed by atoms with Gasteiger partial charge < -0.3 is 9.64 Å². The molecule has 1 aliphatic heterocycles. The lowest BCUT2D eigenvalue weighted by Gasteiger charge is -2.27. The fraction of sp³-hybridized carbons (Fsp3) is 0.471. The normalized spacial score (nSPS) is 16.0. The van der Waals surface area contributed by atoms with Gasteiger partial charge in [0.1, 0.15) is 5.82 Å². The van der Waals surface area contributed by atoms with Crippen LogP contribution in [0.4, 0.5) is 10.3 Å². The van der Waals surface area contributed by atoms with Gasteiger partial charge in [0.25, 0.3) is 0 Å². The topological polar surface area (TPSA) is 60.2 Å². The molecule has 0 radical (unpaired) electrons. The average Bonchev–Trinajstić information content (AvgIpc) is 3.05. The van der Waals surface area contributed by atoms with Gasteiger partial charge >= 0.3 is 0 Å². The van der Waals surface area contributed by atoms with E-state index in [1.165, 1.54) is 36.0 Å². The molecule has 2 heterocycles. The molecular weight excluding hydrogens is 343 g/mol. The van der Waals surface area contributed by atoms with Crippen molar-refractivity contribution in [3.63, 3.8) is 0 Å². The van der Waals surface area contributed by atoms with Gasteiger partial charge in [-0.05, 0) is 38.1 Å². The Balaban J connectivity index is 1.74. The molecule has 0 aliphatic carbocycles. The molecule has 0 amide bonds. The van der Waals surface area contributed by atoms with Gasteiger partial charge in [-0.2, -0.15) is 0 Å². The van der Waals surface area contributed by atoms with Crippen LogP contribution in [0.2, 0.25) is 0 Å². The van der Waals surface area contributed by atoms with Crippen LogP contribution in [0.1, 0.15) is 24.2 Å². The SMILES string of the molecule is CCn1c(S[C@@H](C)C(=O)c2ccc(F)cc2)nnc1N1CCOCC1. The number of carbonyl (C=O) groups is 1. The van der Waals surface area contributed by atoms with Crippen molar-refractivity contribution in [1.29, 1.82) is 0 Å². The molecule has 1 aromatic heterocycles. The highest BCUT2D eigenvalue weighted by Gasteiger charge is 2.23. The summed E-state index contributed by atoms with van der Waals surface area (Å²) in [5, 5.41) is 8.96. The number of ether oxygens (including phenoxy) is 1. The number of thioether (sulfide) groups is 1. The van der Waals surface area contributed by atoms with Crippen LogP contribution in [0, 0.1) is 5.82 Å². The summed E-state index contributed by atoms with van der Waals surface area (Å²) < 4.78 is 20.4. The zero-order valence-corrected chi connectivity index (χ0v) is 15.1. The third-order valence-electron chi connectivity index (χ3n) is 4.09. The van der Waals surface area contributed by atoms with Crippen molar-refractivity contribution in [2.45, 2.75) is 30.8 Å². The lowest BCUT2D eigenvalue weighted by molar-refractivity contribution is 0.0994. The number of carbonyl (C=O) groups excluding carboxylic acids is 1. The smallest absolute Gasteiger partial charge is 0.228 e. The molecule has 1 fully saturated rings. The quantitative estimate of drug-likeness (QED) is 0.580. The van der Waals surface area contributed by atoms with Crippen molar-refractivity contribution in [3.05, 3.63) is 35.6 Å². The largest absolute Gasteiger partial charge is 0.378 e. The molecule has 6 nitrogen and oxygen atoms in total. The van der Waals surface area contributed by atoms with E-state index in [1.807, 2.05) is 18.4 Å². The van der Waals surface area contributed by atoms with Crippen LogP contribution in [0.5, 0.6) is 0 Å². The van der Waals surface area contributed by atoms with Crippen LogP contribution >= 0.6 is 11.8 Å². The molecular formula is C17H21FN4O2S. The van der Waals surface area contributed by atoms with Crippen molar-refractivity contribution in [3.8, 4) is 0 Å². The summed E-state index contributed by atoms with van der Waals surface area (Å²) in [6.45, 7) is 7.51. The standard InChI is InChI=1S/C17H21FN4O2S/c1-3-22-16(21-8-10-24-11-9-21)19-20-17(22)25-12(2)15(23)13-4-6-14(18)7-5-13/h4-7,12H,3,8-11H2,1-2H3/t12-/m0/s1. The first-order valence-corrected chi connectivity index (χ1v) is 9.20. The summed E-state index contributed by atoms with van der Waals surface area (Å²) in [5.74, 6) is 0.413. The number of hydrogen-bond donors (Lipinski definition) is 0. The number of ketones is 1. The summed E-state index contributed by atoms with van der Waals surface area (Å²) in [7, 11) is 0. The van der Waals surface area contributed by atoms with E-state index in [9.17, 15) is 9.18 Å². The molecule has 0 saturated carbocycles. The molecule has 0 unspecified atom stereocenters. The molecule has 25 heavy (non-hydrogen) atoms. The van der Waals surface area contributed by atoms with E-state index in [2.05, 4.69) is 15.1 Å². The first kappa shape index (κ1) is 17.9. The second-order valence-corrected chi connectivity index (χ2v) is 7.07. The number of Topliss-reactive ketones (excluding diaryl/α,β-unsaturated/α-hetero) is 1. The van der Waals surface area contributed by atoms with Crippen LogP contribution < -0.4 is 4.90 Å². The highest BCUT2D eigenvalue weighted by atomic mass is 32.2. The minimum Gasteiger partial charge on any atom is -0.378 e. The Morgan fingerprint density at radius 2 is 1.96 bits per heavy atom. The Labute approximate surface area is 150 Å². The molecule has 0 spiro atoms. The third kappa shape index (κ3) is 4.01. The van der Waals surface area contributed by atoms with Crippen LogP contribution in [0.25, 0.3) is 0 Å². The molecule has 0 N–H and O–H groups in total. The van der Waals surface area contributed by atoms with Crippen LogP contribution in [-0.4, -0.2) is 52.1 Å². The molecule has 1 saturated heterocycles. The summed E-state index contributed by atoms with van der Waals surface area (Å²) in [6, 6.07) is 5.63. The van der Waals surface area contributed by atoms with Crippen molar-refractivity contribution in [2.75, 3.05) is 31.2 Å². The van der Waals surface area contributed by atoms with Gasteiger partial charge in [0.15, 0.2) is 10.9 Å². The molecule has 134 valence electrons. The average molecular weight is 364 g/mol. The second kappa shape index (κ2) is 7.97. The number of benzene rings is 1. The fourth-order valence-electron chi connectivity index (χ4n) is 2.70. The summed E-state index contributed by atoms with van der Waals surface area (Å²) in [5.41, 5.74) is 0.498. The predicted molar refractivity (Wildman–Crippen MR) is 94.8 cm³/mol. The Bertz CT molecular complexity index is 729. The molecule has 2 aromatic rings. The number of nitrogens with zero attached hydrogens (tertiary/aromatic N) is 4. The van der Waals surface area contributed by atoms with E-state index >= 15 is 0 Å². The predicted octanol–water partition coefficient (Wildman–Crippen LogP) is 2.64. The maximum absolute atomic E-state index is 13.0. The summed E-state index contributed by atoms with van der Waals surface area (Å²) in [4.78, 5) is 14.7. The van der Waals surface area contributed by atoms with Gasteiger partial charge in [0.05, 0.1) is 18.5 Å². The first-order valence-electron chi connectivity index (χ1n) is 8.32. The number of aromatic nitrogens is 3. The molecule has 0 bridgehead atoms. The first-order chi connectivity index (χ1) is 12.1. The molecule has 8 heteroatoms. The van der Waals surface area contributed by atoms with Crippen LogP contribution in [-0.2, 0) is 11.3 Å². The monoisotopic (exact) mass is 364 g/mol. The second-order valence-electron chi connectivity index (χ2n) is 5.76. The molecule has 1 aliphatic rings. The Morgan fingerprint density at radius 3 is 2.60 bits per heavy atom. The van der Waals surface area contributed by atoms with Gasteiger partial charge in [-0.15, -0.1) is 10.2 Å². The van der Waals surface area contributed by atoms with Crippen LogP contribution in [0.15, 0.2) is 29.4 Å². The van der Waals surface area contributed by atoms with Gasteiger partial charge in [0, 0.05) is 25.2 Å². The van der Waals surface area contributed by atoms with Gasteiger partial charge in [0.2, 0.25) is 5.95 Å². The van der Waals surface area contributed by atoms with Gasteiger partial charge in [-0.25, -0.2) is 4.39 Å². The maximum atomic E-state index is 13.0. The Hall–Kier alpha value is -1.93. The molecule has 1 atom stereocenters. The van der Waals surface area contributed by atoms with E-state index in [0.29, 0.717) is 23.9 Å². The zero-order valence-electron chi connectivity index (χ0n) is 14.3. The fourth-order valence-corrected chi connectivity index (χ4v) is 3.69. The number of hydrogen-bond acceptors (Lipinski definition) is 6. The lowest BCUT2D eigenvalue weighted by atomic mass is 10.1. The number of halogens is 1. The Morgan fingerprint density at radius 1 is 1.28 bits per heavy atom. The van der Waals surface area contributed by atoms with Gasteiger partial charge in [-0.1, -0.05) is 11.8 Å². The van der Waals surface area contributed by atoms with Crippen molar-refractivity contribution in [1.82, 2.24) is 14.8 Å². The van der Waals surface area contributed by atoms with Gasteiger partial charge in [-0.3, -0.25) is 9.36 Å². The number of rotatable bonds is 6. The third-order valence-corrected chi connectivity index (χ3v) is 5.17. The number of morpholine rings is 1. The summed E-state index contributed by atoms with van der Waals surface area (Å²) >= 11 is 1.37. The minimum absolute atomic E-state index is 0.0522. The van der Waals surface area contributed by atoms with E-state index < -0.39 is 0 Å². The summed E-state index contributed by atoms with van der Waals surface area (Å²) in [6.07, 6.45) is 0. The highest BCUT2D eigenvalue weighted by molar-refractivity contribution is 8.00. The van der Waals surface area contributed by atoms with E-state index in [4.69, 9.17) is 4.74 Å². The Kier molecular flexibility index (Phi) is 5.70. The molecule has 3 rings (SSSR count). The van der Waals surface area contributed by atoms with Crippen molar-refractivity contribution in [2.24, 2.45) is 0 Å². The zero-order chi connectivity index (χ0) is 17.8. The minimum atomic E-state index is -0.349. The lowest BCUT2D eigenvalue weighted by Crippen LogP contribution is -2.38. The van der Waals surface area contributed by atoms with E-state index in [-0.39, 0.29) is 16.9 Å².